The number of anilines is 1. The third kappa shape index (κ3) is 4.22. The number of aromatic nitrogens is 1. The van der Waals surface area contributed by atoms with Crippen LogP contribution in [0.5, 0.6) is 0 Å². The number of pyridine rings is 1. The number of carbonyl (C=O) groups excluding carboxylic acids is 1. The molecule has 0 spiro atoms. The molecule has 1 N–H and O–H groups in total. The summed E-state index contributed by atoms with van der Waals surface area (Å²) in [5.74, 6) is -0.478. The van der Waals surface area contributed by atoms with Crippen LogP contribution in [0.25, 0.3) is 10.9 Å². The molecule has 2 aromatic carbocycles. The van der Waals surface area contributed by atoms with Crippen molar-refractivity contribution in [2.24, 2.45) is 0 Å². The Kier molecular flexibility index (Phi) is 6.73. The summed E-state index contributed by atoms with van der Waals surface area (Å²) in [5, 5.41) is 11.0. The van der Waals surface area contributed by atoms with Gasteiger partial charge in [0.25, 0.3) is 0 Å². The molecule has 0 radical (unpaired) electrons. The number of carbonyl (C=O) groups is 1. The molecule has 0 amide bonds. The van der Waals surface area contributed by atoms with Crippen molar-refractivity contribution in [1.29, 1.82) is 0 Å². The topological polar surface area (TPSA) is 62.7 Å². The van der Waals surface area contributed by atoms with Crippen molar-refractivity contribution in [3.05, 3.63) is 69.8 Å². The monoisotopic (exact) mass is 418 g/mol. The molecule has 0 aliphatic heterocycles. The van der Waals surface area contributed by atoms with Crippen molar-refractivity contribution in [1.82, 2.24) is 4.98 Å². The van der Waals surface area contributed by atoms with Gasteiger partial charge >= 0.3 is 5.97 Å². The van der Waals surface area contributed by atoms with Crippen molar-refractivity contribution >= 4 is 45.8 Å². The Morgan fingerprint density at radius 1 is 1.18 bits per heavy atom. The highest BCUT2D eigenvalue weighted by Gasteiger charge is 2.23. The van der Waals surface area contributed by atoms with Gasteiger partial charge in [0.1, 0.15) is 5.56 Å². The molecule has 146 valence electrons. The van der Waals surface area contributed by atoms with E-state index in [-0.39, 0.29) is 13.2 Å². The molecule has 5 nitrogen and oxygen atoms in total. The Hall–Kier alpha value is -2.34. The molecular formula is C21H20Cl2N2O3. The Labute approximate surface area is 173 Å². The van der Waals surface area contributed by atoms with Gasteiger partial charge in [-0.25, -0.2) is 4.79 Å². The SMILES string of the molecule is CCOC(=O)c1cnc2c(Cl)c(Cl)ccc2c1N(CCO)Cc1ccccc1. The second kappa shape index (κ2) is 9.24. The molecule has 0 saturated carbocycles. The van der Waals surface area contributed by atoms with E-state index in [1.165, 1.54) is 6.20 Å². The highest BCUT2D eigenvalue weighted by atomic mass is 35.5. The van der Waals surface area contributed by atoms with Gasteiger partial charge in [-0.1, -0.05) is 53.5 Å². The lowest BCUT2D eigenvalue weighted by molar-refractivity contribution is 0.0526. The molecule has 28 heavy (non-hydrogen) atoms. The summed E-state index contributed by atoms with van der Waals surface area (Å²) in [7, 11) is 0. The first-order valence-corrected chi connectivity index (χ1v) is 9.66. The lowest BCUT2D eigenvalue weighted by atomic mass is 10.1. The molecule has 0 bridgehead atoms. The van der Waals surface area contributed by atoms with Crippen LogP contribution in [0.15, 0.2) is 48.7 Å². The number of fused-ring (bicyclic) bond motifs is 1. The summed E-state index contributed by atoms with van der Waals surface area (Å²) in [4.78, 5) is 18.9. The third-order valence-corrected chi connectivity index (χ3v) is 5.09. The smallest absolute Gasteiger partial charge is 0.341 e. The molecular weight excluding hydrogens is 399 g/mol. The van der Waals surface area contributed by atoms with Gasteiger partial charge in [-0.05, 0) is 24.6 Å². The van der Waals surface area contributed by atoms with Gasteiger partial charge in [-0.3, -0.25) is 4.98 Å². The molecule has 1 heterocycles. The minimum atomic E-state index is -0.478. The minimum Gasteiger partial charge on any atom is -0.462 e. The van der Waals surface area contributed by atoms with Crippen molar-refractivity contribution < 1.29 is 14.6 Å². The normalized spacial score (nSPS) is 10.9. The van der Waals surface area contributed by atoms with Crippen LogP contribution in [0.2, 0.25) is 10.0 Å². The van der Waals surface area contributed by atoms with Gasteiger partial charge in [-0.15, -0.1) is 0 Å². The number of hydrogen-bond donors (Lipinski definition) is 1. The molecule has 0 aliphatic carbocycles. The first-order chi connectivity index (χ1) is 13.6. The van der Waals surface area contributed by atoms with E-state index in [2.05, 4.69) is 4.98 Å². The molecule has 3 aromatic rings. The number of ether oxygens (including phenoxy) is 1. The quantitative estimate of drug-likeness (QED) is 0.562. The Morgan fingerprint density at radius 3 is 2.61 bits per heavy atom. The van der Waals surface area contributed by atoms with E-state index >= 15 is 0 Å². The largest absolute Gasteiger partial charge is 0.462 e. The summed E-state index contributed by atoms with van der Waals surface area (Å²) in [6.45, 7) is 2.72. The molecule has 7 heteroatoms. The van der Waals surface area contributed by atoms with E-state index in [1.807, 2.05) is 35.2 Å². The lowest BCUT2D eigenvalue weighted by Crippen LogP contribution is -2.28. The van der Waals surface area contributed by atoms with Crippen LogP contribution in [0.1, 0.15) is 22.8 Å². The molecule has 0 atom stereocenters. The number of hydrogen-bond acceptors (Lipinski definition) is 5. The first-order valence-electron chi connectivity index (χ1n) is 8.90. The molecule has 0 saturated heterocycles. The maximum absolute atomic E-state index is 12.6. The molecule has 0 unspecified atom stereocenters. The van der Waals surface area contributed by atoms with Crippen molar-refractivity contribution in [2.75, 3.05) is 24.7 Å². The van der Waals surface area contributed by atoms with E-state index in [4.69, 9.17) is 27.9 Å². The van der Waals surface area contributed by atoms with E-state index in [0.717, 1.165) is 5.56 Å². The van der Waals surface area contributed by atoms with Crippen LogP contribution in [0.3, 0.4) is 0 Å². The molecule has 1 aromatic heterocycles. The van der Waals surface area contributed by atoms with Gasteiger partial charge in [0, 0.05) is 24.7 Å². The zero-order valence-electron chi connectivity index (χ0n) is 15.4. The Morgan fingerprint density at radius 2 is 1.93 bits per heavy atom. The molecule has 0 aliphatic rings. The minimum absolute atomic E-state index is 0.0831. The number of benzene rings is 2. The summed E-state index contributed by atoms with van der Waals surface area (Å²) in [5.41, 5.74) is 2.46. The average Bonchev–Trinajstić information content (AvgIpc) is 2.70. The zero-order valence-corrected chi connectivity index (χ0v) is 16.9. The van der Waals surface area contributed by atoms with Crippen molar-refractivity contribution in [3.8, 4) is 0 Å². The van der Waals surface area contributed by atoms with Crippen molar-refractivity contribution in [2.45, 2.75) is 13.5 Å². The number of aliphatic hydroxyl groups excluding tert-OH is 1. The van der Waals surface area contributed by atoms with Gasteiger partial charge in [0.15, 0.2) is 0 Å². The van der Waals surface area contributed by atoms with Crippen LogP contribution in [0, 0.1) is 0 Å². The van der Waals surface area contributed by atoms with E-state index in [0.29, 0.717) is 45.3 Å². The summed E-state index contributed by atoms with van der Waals surface area (Å²) >= 11 is 12.5. The maximum Gasteiger partial charge on any atom is 0.341 e. The van der Waals surface area contributed by atoms with E-state index in [1.54, 1.807) is 19.1 Å². The summed E-state index contributed by atoms with van der Waals surface area (Å²) in [6, 6.07) is 13.3. The van der Waals surface area contributed by atoms with E-state index in [9.17, 15) is 9.90 Å². The number of rotatable bonds is 7. The standard InChI is InChI=1S/C21H20Cl2N2O3/c1-2-28-21(27)16-12-24-19-15(8-9-17(22)18(19)23)20(16)25(10-11-26)13-14-6-4-3-5-7-14/h3-9,12,26H,2,10-11,13H2,1H3. The van der Waals surface area contributed by atoms with Gasteiger partial charge in [0.05, 0.1) is 34.5 Å². The summed E-state index contributed by atoms with van der Waals surface area (Å²) < 4.78 is 5.22. The predicted molar refractivity (Wildman–Crippen MR) is 112 cm³/mol. The Balaban J connectivity index is 2.21. The first kappa shape index (κ1) is 20.4. The van der Waals surface area contributed by atoms with Crippen molar-refractivity contribution in [3.63, 3.8) is 0 Å². The average molecular weight is 419 g/mol. The second-order valence-corrected chi connectivity index (χ2v) is 6.91. The van der Waals surface area contributed by atoms with Crippen LogP contribution in [-0.4, -0.2) is 35.8 Å². The number of esters is 1. The van der Waals surface area contributed by atoms with Gasteiger partial charge in [0.2, 0.25) is 0 Å². The second-order valence-electron chi connectivity index (χ2n) is 6.13. The predicted octanol–water partition coefficient (Wildman–Crippen LogP) is 4.72. The van der Waals surface area contributed by atoms with Gasteiger partial charge < -0.3 is 14.7 Å². The zero-order chi connectivity index (χ0) is 20.1. The maximum atomic E-state index is 12.6. The van der Waals surface area contributed by atoms with Gasteiger partial charge in [-0.2, -0.15) is 0 Å². The van der Waals surface area contributed by atoms with Crippen LogP contribution < -0.4 is 4.90 Å². The highest BCUT2D eigenvalue weighted by Crippen LogP contribution is 2.37. The fourth-order valence-electron chi connectivity index (χ4n) is 3.09. The Bertz CT molecular complexity index is 980. The number of aliphatic hydroxyl groups is 1. The molecule has 0 fully saturated rings. The van der Waals surface area contributed by atoms with Crippen LogP contribution in [0.4, 0.5) is 5.69 Å². The number of nitrogens with zero attached hydrogens (tertiary/aromatic N) is 2. The third-order valence-electron chi connectivity index (χ3n) is 4.30. The van der Waals surface area contributed by atoms with Crippen LogP contribution >= 0.6 is 23.2 Å². The number of halogens is 2. The lowest BCUT2D eigenvalue weighted by Gasteiger charge is -2.27. The summed E-state index contributed by atoms with van der Waals surface area (Å²) in [6.07, 6.45) is 1.45. The molecule has 3 rings (SSSR count). The fraction of sp³-hybridized carbons (Fsp3) is 0.238. The van der Waals surface area contributed by atoms with Crippen LogP contribution in [-0.2, 0) is 11.3 Å². The highest BCUT2D eigenvalue weighted by molar-refractivity contribution is 6.45. The fourth-order valence-corrected chi connectivity index (χ4v) is 3.45. The van der Waals surface area contributed by atoms with E-state index < -0.39 is 5.97 Å².